The topological polar surface area (TPSA) is 15.3 Å². The van der Waals surface area contributed by atoms with Gasteiger partial charge in [0, 0.05) is 16.9 Å². The zero-order valence-electron chi connectivity index (χ0n) is 11.3. The molecule has 1 aliphatic rings. The molecule has 18 heavy (non-hydrogen) atoms. The molecule has 1 fully saturated rings. The van der Waals surface area contributed by atoms with Crippen molar-refractivity contribution in [1.29, 1.82) is 0 Å². The standard InChI is InChI=1S/C15H23BrN2/c1-18(2)11-14(12-7-9-17-10-8-12)13-5-3-4-6-15(13)16/h3-6,12,14,17H,7-11H2,1-2H3. The van der Waals surface area contributed by atoms with Crippen molar-refractivity contribution in [1.82, 2.24) is 10.2 Å². The Balaban J connectivity index is 2.21. The molecule has 0 bridgehead atoms. The Morgan fingerprint density at radius 3 is 2.56 bits per heavy atom. The summed E-state index contributed by atoms with van der Waals surface area (Å²) in [5.74, 6) is 1.44. The van der Waals surface area contributed by atoms with Gasteiger partial charge in [-0.15, -0.1) is 0 Å². The van der Waals surface area contributed by atoms with E-state index in [1.165, 1.54) is 36.0 Å². The maximum Gasteiger partial charge on any atom is 0.0210 e. The molecule has 0 aliphatic carbocycles. The molecular formula is C15H23BrN2. The normalized spacial score (nSPS) is 19.1. The number of rotatable bonds is 4. The molecule has 1 aromatic carbocycles. The number of benzene rings is 1. The molecule has 1 aliphatic heterocycles. The van der Waals surface area contributed by atoms with Crippen LogP contribution in [0.15, 0.2) is 28.7 Å². The molecule has 3 heteroatoms. The SMILES string of the molecule is CN(C)CC(c1ccccc1Br)C1CCNCC1. The van der Waals surface area contributed by atoms with Crippen LogP contribution in [-0.2, 0) is 0 Å². The highest BCUT2D eigenvalue weighted by Crippen LogP contribution is 2.35. The van der Waals surface area contributed by atoms with Gasteiger partial charge < -0.3 is 10.2 Å². The van der Waals surface area contributed by atoms with Crippen molar-refractivity contribution in [2.45, 2.75) is 18.8 Å². The van der Waals surface area contributed by atoms with Gasteiger partial charge in [-0.1, -0.05) is 34.1 Å². The van der Waals surface area contributed by atoms with Crippen molar-refractivity contribution in [3.05, 3.63) is 34.3 Å². The molecule has 0 radical (unpaired) electrons. The summed E-state index contributed by atoms with van der Waals surface area (Å²) < 4.78 is 1.26. The Morgan fingerprint density at radius 2 is 1.94 bits per heavy atom. The predicted molar refractivity (Wildman–Crippen MR) is 81.0 cm³/mol. The van der Waals surface area contributed by atoms with E-state index >= 15 is 0 Å². The zero-order valence-corrected chi connectivity index (χ0v) is 12.9. The fourth-order valence-corrected chi connectivity index (χ4v) is 3.50. The van der Waals surface area contributed by atoms with Gasteiger partial charge in [-0.2, -0.15) is 0 Å². The van der Waals surface area contributed by atoms with E-state index < -0.39 is 0 Å². The summed E-state index contributed by atoms with van der Waals surface area (Å²) in [5.41, 5.74) is 1.47. The van der Waals surface area contributed by atoms with Crippen LogP contribution in [0.5, 0.6) is 0 Å². The van der Waals surface area contributed by atoms with Gasteiger partial charge in [0.05, 0.1) is 0 Å². The van der Waals surface area contributed by atoms with E-state index in [4.69, 9.17) is 0 Å². The van der Waals surface area contributed by atoms with E-state index in [1.807, 2.05) is 0 Å². The van der Waals surface area contributed by atoms with Gasteiger partial charge in [0.15, 0.2) is 0 Å². The van der Waals surface area contributed by atoms with E-state index in [9.17, 15) is 0 Å². The molecule has 1 N–H and O–H groups in total. The first-order valence-corrected chi connectivity index (χ1v) is 7.57. The van der Waals surface area contributed by atoms with Crippen LogP contribution >= 0.6 is 15.9 Å². The number of piperidine rings is 1. The van der Waals surface area contributed by atoms with E-state index in [-0.39, 0.29) is 0 Å². The maximum absolute atomic E-state index is 3.72. The fraction of sp³-hybridized carbons (Fsp3) is 0.600. The Labute approximate surface area is 119 Å². The number of hydrogen-bond donors (Lipinski definition) is 1. The smallest absolute Gasteiger partial charge is 0.0210 e. The lowest BCUT2D eigenvalue weighted by Gasteiger charge is -2.33. The summed E-state index contributed by atoms with van der Waals surface area (Å²) in [6, 6.07) is 8.70. The molecule has 1 heterocycles. The first-order chi connectivity index (χ1) is 8.68. The highest BCUT2D eigenvalue weighted by atomic mass is 79.9. The maximum atomic E-state index is 3.72. The molecule has 1 atom stereocenters. The third-order valence-electron chi connectivity index (χ3n) is 3.82. The van der Waals surface area contributed by atoms with Crippen LogP contribution in [0.3, 0.4) is 0 Å². The second-order valence-corrected chi connectivity index (χ2v) is 6.33. The lowest BCUT2D eigenvalue weighted by molar-refractivity contribution is 0.261. The number of likely N-dealkylation sites (N-methyl/N-ethyl adjacent to an activating group) is 1. The van der Waals surface area contributed by atoms with E-state index in [0.717, 1.165) is 12.5 Å². The van der Waals surface area contributed by atoms with Gasteiger partial charge in [-0.25, -0.2) is 0 Å². The molecule has 0 amide bonds. The van der Waals surface area contributed by atoms with Gasteiger partial charge in [0.1, 0.15) is 0 Å². The average molecular weight is 311 g/mol. The van der Waals surface area contributed by atoms with Crippen LogP contribution in [0.4, 0.5) is 0 Å². The lowest BCUT2D eigenvalue weighted by Crippen LogP contribution is -2.34. The molecule has 1 aromatic rings. The number of nitrogens with zero attached hydrogens (tertiary/aromatic N) is 1. The minimum absolute atomic E-state index is 0.637. The van der Waals surface area contributed by atoms with Crippen LogP contribution in [-0.4, -0.2) is 38.6 Å². The summed E-state index contributed by atoms with van der Waals surface area (Å²) in [6.07, 6.45) is 2.58. The third kappa shape index (κ3) is 3.56. The van der Waals surface area contributed by atoms with Crippen molar-refractivity contribution in [3.63, 3.8) is 0 Å². The van der Waals surface area contributed by atoms with Gasteiger partial charge >= 0.3 is 0 Å². The molecule has 100 valence electrons. The summed E-state index contributed by atoms with van der Waals surface area (Å²) in [6.45, 7) is 3.46. The quantitative estimate of drug-likeness (QED) is 0.919. The van der Waals surface area contributed by atoms with Crippen molar-refractivity contribution in [2.75, 3.05) is 33.7 Å². The predicted octanol–water partition coefficient (Wildman–Crippen LogP) is 3.09. The first kappa shape index (κ1) is 14.0. The summed E-state index contributed by atoms with van der Waals surface area (Å²) in [4.78, 5) is 2.31. The molecule has 0 aromatic heterocycles. The molecule has 2 rings (SSSR count). The summed E-state index contributed by atoms with van der Waals surface area (Å²) >= 11 is 3.72. The van der Waals surface area contributed by atoms with Crippen molar-refractivity contribution in [3.8, 4) is 0 Å². The molecule has 1 saturated heterocycles. The molecule has 0 spiro atoms. The Kier molecular flexibility index (Phi) is 5.22. The highest BCUT2D eigenvalue weighted by Gasteiger charge is 2.26. The summed E-state index contributed by atoms with van der Waals surface area (Å²) in [5, 5.41) is 3.46. The van der Waals surface area contributed by atoms with Crippen LogP contribution < -0.4 is 5.32 Å². The van der Waals surface area contributed by atoms with Gasteiger partial charge in [-0.05, 0) is 57.6 Å². The number of nitrogens with one attached hydrogen (secondary N) is 1. The van der Waals surface area contributed by atoms with Crippen LogP contribution in [0.1, 0.15) is 24.3 Å². The van der Waals surface area contributed by atoms with Gasteiger partial charge in [0.2, 0.25) is 0 Å². The molecule has 1 unspecified atom stereocenters. The Hall–Kier alpha value is -0.380. The highest BCUT2D eigenvalue weighted by molar-refractivity contribution is 9.10. The van der Waals surface area contributed by atoms with Gasteiger partial charge in [0.25, 0.3) is 0 Å². The number of halogens is 1. The molecule has 2 nitrogen and oxygen atoms in total. The summed E-state index contributed by atoms with van der Waals surface area (Å²) in [7, 11) is 4.34. The lowest BCUT2D eigenvalue weighted by atomic mass is 9.80. The van der Waals surface area contributed by atoms with E-state index in [0.29, 0.717) is 5.92 Å². The second-order valence-electron chi connectivity index (χ2n) is 5.48. The van der Waals surface area contributed by atoms with Crippen molar-refractivity contribution < 1.29 is 0 Å². The Morgan fingerprint density at radius 1 is 1.28 bits per heavy atom. The van der Waals surface area contributed by atoms with Crippen LogP contribution in [0.25, 0.3) is 0 Å². The molecule has 0 saturated carbocycles. The van der Waals surface area contributed by atoms with Crippen LogP contribution in [0.2, 0.25) is 0 Å². The van der Waals surface area contributed by atoms with Crippen LogP contribution in [0, 0.1) is 5.92 Å². The second kappa shape index (κ2) is 6.69. The number of hydrogen-bond acceptors (Lipinski definition) is 2. The average Bonchev–Trinajstić information content (AvgIpc) is 2.38. The largest absolute Gasteiger partial charge is 0.317 e. The third-order valence-corrected chi connectivity index (χ3v) is 4.54. The minimum atomic E-state index is 0.637. The Bertz CT molecular complexity index is 373. The monoisotopic (exact) mass is 310 g/mol. The zero-order chi connectivity index (χ0) is 13.0. The van der Waals surface area contributed by atoms with E-state index in [2.05, 4.69) is 64.5 Å². The molecular weight excluding hydrogens is 288 g/mol. The minimum Gasteiger partial charge on any atom is -0.317 e. The van der Waals surface area contributed by atoms with E-state index in [1.54, 1.807) is 0 Å². The van der Waals surface area contributed by atoms with Gasteiger partial charge in [-0.3, -0.25) is 0 Å². The first-order valence-electron chi connectivity index (χ1n) is 6.78. The van der Waals surface area contributed by atoms with Crippen molar-refractivity contribution in [2.24, 2.45) is 5.92 Å². The fourth-order valence-electron chi connectivity index (χ4n) is 2.92. The van der Waals surface area contributed by atoms with Crippen molar-refractivity contribution >= 4 is 15.9 Å².